The molecule has 1 aromatic rings. The highest BCUT2D eigenvalue weighted by atomic mass is 15.1. The molecule has 3 heteroatoms. The Morgan fingerprint density at radius 2 is 2.06 bits per heavy atom. The molecule has 1 aliphatic rings. The predicted octanol–water partition coefficient (Wildman–Crippen LogP) is 2.79. The van der Waals surface area contributed by atoms with Gasteiger partial charge in [-0.1, -0.05) is 34.6 Å². The van der Waals surface area contributed by atoms with E-state index < -0.39 is 0 Å². The van der Waals surface area contributed by atoms with Crippen molar-refractivity contribution < 1.29 is 0 Å². The summed E-state index contributed by atoms with van der Waals surface area (Å²) in [5, 5.41) is 0. The fourth-order valence-electron chi connectivity index (χ4n) is 2.39. The first-order chi connectivity index (χ1) is 8.36. The summed E-state index contributed by atoms with van der Waals surface area (Å²) in [6.45, 7) is 14.3. The Morgan fingerprint density at radius 1 is 1.33 bits per heavy atom. The molecule has 18 heavy (non-hydrogen) atoms. The van der Waals surface area contributed by atoms with Crippen molar-refractivity contribution >= 4 is 0 Å². The van der Waals surface area contributed by atoms with Gasteiger partial charge in [0.25, 0.3) is 0 Å². The van der Waals surface area contributed by atoms with Gasteiger partial charge in [-0.25, -0.2) is 9.97 Å². The summed E-state index contributed by atoms with van der Waals surface area (Å²) in [6, 6.07) is 0. The average Bonchev–Trinajstić information content (AvgIpc) is 2.26. The number of aromatic nitrogens is 2. The van der Waals surface area contributed by atoms with Crippen LogP contribution in [0.1, 0.15) is 51.7 Å². The molecule has 3 nitrogen and oxygen atoms in total. The van der Waals surface area contributed by atoms with Crippen LogP contribution in [0, 0.1) is 5.92 Å². The highest BCUT2D eigenvalue weighted by molar-refractivity contribution is 5.22. The van der Waals surface area contributed by atoms with Gasteiger partial charge in [0.2, 0.25) is 0 Å². The first-order valence-electron chi connectivity index (χ1n) is 6.94. The zero-order valence-corrected chi connectivity index (χ0v) is 12.3. The van der Waals surface area contributed by atoms with Crippen LogP contribution in [0.25, 0.3) is 0 Å². The van der Waals surface area contributed by atoms with Crippen LogP contribution in [-0.4, -0.2) is 28.0 Å². The smallest absolute Gasteiger partial charge is 0.133 e. The number of rotatable bonds is 2. The second kappa shape index (κ2) is 4.96. The minimum atomic E-state index is 0.0371. The SMILES string of the molecule is CC(C)CN1CCc2cnc(C(C)(C)C)nc2C1. The molecular formula is C15H25N3. The van der Waals surface area contributed by atoms with Gasteiger partial charge in [-0.05, 0) is 17.9 Å². The summed E-state index contributed by atoms with van der Waals surface area (Å²) in [5.41, 5.74) is 2.61. The van der Waals surface area contributed by atoms with E-state index in [2.05, 4.69) is 44.5 Å². The lowest BCUT2D eigenvalue weighted by Gasteiger charge is -2.30. The maximum Gasteiger partial charge on any atom is 0.133 e. The molecule has 0 aromatic carbocycles. The maximum absolute atomic E-state index is 4.79. The van der Waals surface area contributed by atoms with Gasteiger partial charge in [0.1, 0.15) is 5.82 Å². The Kier molecular flexibility index (Phi) is 3.71. The van der Waals surface area contributed by atoms with Gasteiger partial charge in [-0.2, -0.15) is 0 Å². The van der Waals surface area contributed by atoms with Gasteiger partial charge in [-0.3, -0.25) is 4.90 Å². The highest BCUT2D eigenvalue weighted by Gasteiger charge is 2.22. The van der Waals surface area contributed by atoms with Gasteiger partial charge < -0.3 is 0 Å². The number of nitrogens with zero attached hydrogens (tertiary/aromatic N) is 3. The quantitative estimate of drug-likeness (QED) is 0.804. The Morgan fingerprint density at radius 3 is 2.67 bits per heavy atom. The van der Waals surface area contributed by atoms with Gasteiger partial charge in [0.05, 0.1) is 5.69 Å². The first kappa shape index (κ1) is 13.5. The lowest BCUT2D eigenvalue weighted by molar-refractivity contribution is 0.222. The molecule has 2 heterocycles. The zero-order valence-electron chi connectivity index (χ0n) is 12.3. The lowest BCUT2D eigenvalue weighted by Crippen LogP contribution is -2.34. The molecule has 0 bridgehead atoms. The normalized spacial score (nSPS) is 17.0. The molecule has 0 amide bonds. The van der Waals surface area contributed by atoms with Crippen LogP contribution in [0.5, 0.6) is 0 Å². The Bertz CT molecular complexity index is 418. The zero-order chi connectivity index (χ0) is 13.3. The van der Waals surface area contributed by atoms with Gasteiger partial charge in [0, 0.05) is 31.2 Å². The summed E-state index contributed by atoms with van der Waals surface area (Å²) < 4.78 is 0. The van der Waals surface area contributed by atoms with E-state index >= 15 is 0 Å². The first-order valence-corrected chi connectivity index (χ1v) is 6.94. The lowest BCUT2D eigenvalue weighted by atomic mass is 9.95. The van der Waals surface area contributed by atoms with E-state index in [0.717, 1.165) is 37.8 Å². The third-order valence-corrected chi connectivity index (χ3v) is 3.32. The van der Waals surface area contributed by atoms with E-state index in [1.165, 1.54) is 11.3 Å². The molecule has 1 aliphatic heterocycles. The highest BCUT2D eigenvalue weighted by Crippen LogP contribution is 2.22. The second-order valence-electron chi connectivity index (χ2n) is 6.79. The van der Waals surface area contributed by atoms with E-state index in [0.29, 0.717) is 0 Å². The monoisotopic (exact) mass is 247 g/mol. The molecule has 0 atom stereocenters. The molecule has 0 unspecified atom stereocenters. The maximum atomic E-state index is 4.79. The van der Waals surface area contributed by atoms with Gasteiger partial charge in [-0.15, -0.1) is 0 Å². The average molecular weight is 247 g/mol. The predicted molar refractivity (Wildman–Crippen MR) is 74.6 cm³/mol. The van der Waals surface area contributed by atoms with Crippen molar-refractivity contribution in [3.05, 3.63) is 23.3 Å². The molecular weight excluding hydrogens is 222 g/mol. The fourth-order valence-corrected chi connectivity index (χ4v) is 2.39. The van der Waals surface area contributed by atoms with Crippen molar-refractivity contribution in [1.29, 1.82) is 0 Å². The third kappa shape index (κ3) is 3.08. The van der Waals surface area contributed by atoms with Crippen LogP contribution in [0.2, 0.25) is 0 Å². The fraction of sp³-hybridized carbons (Fsp3) is 0.733. The molecule has 100 valence electrons. The topological polar surface area (TPSA) is 29.0 Å². The Hall–Kier alpha value is -0.960. The molecule has 2 rings (SSSR count). The van der Waals surface area contributed by atoms with Crippen molar-refractivity contribution in [2.45, 2.75) is 53.0 Å². The van der Waals surface area contributed by atoms with Crippen LogP contribution in [0.3, 0.4) is 0 Å². The molecule has 0 fully saturated rings. The molecule has 0 saturated heterocycles. The van der Waals surface area contributed by atoms with E-state index in [1.54, 1.807) is 0 Å². The van der Waals surface area contributed by atoms with Gasteiger partial charge >= 0.3 is 0 Å². The molecule has 1 aromatic heterocycles. The van der Waals surface area contributed by atoms with E-state index in [-0.39, 0.29) is 5.41 Å². The van der Waals surface area contributed by atoms with E-state index in [1.807, 2.05) is 6.20 Å². The third-order valence-electron chi connectivity index (χ3n) is 3.32. The summed E-state index contributed by atoms with van der Waals surface area (Å²) in [4.78, 5) is 11.8. The summed E-state index contributed by atoms with van der Waals surface area (Å²) in [5.74, 6) is 1.68. The van der Waals surface area contributed by atoms with Crippen LogP contribution in [-0.2, 0) is 18.4 Å². The molecule has 0 saturated carbocycles. The standard InChI is InChI=1S/C15H25N3/c1-11(2)9-18-7-6-12-8-16-14(15(3,4)5)17-13(12)10-18/h8,11H,6-7,9-10H2,1-5H3. The van der Waals surface area contributed by atoms with Crippen LogP contribution >= 0.6 is 0 Å². The number of hydrogen-bond donors (Lipinski definition) is 0. The van der Waals surface area contributed by atoms with Crippen LogP contribution < -0.4 is 0 Å². The van der Waals surface area contributed by atoms with Gasteiger partial charge in [0.15, 0.2) is 0 Å². The summed E-state index contributed by atoms with van der Waals surface area (Å²) in [7, 11) is 0. The summed E-state index contributed by atoms with van der Waals surface area (Å²) in [6.07, 6.45) is 3.13. The van der Waals surface area contributed by atoms with Crippen molar-refractivity contribution in [3.8, 4) is 0 Å². The molecule has 0 N–H and O–H groups in total. The minimum absolute atomic E-state index is 0.0371. The largest absolute Gasteiger partial charge is 0.297 e. The molecule has 0 radical (unpaired) electrons. The van der Waals surface area contributed by atoms with Crippen molar-refractivity contribution in [3.63, 3.8) is 0 Å². The van der Waals surface area contributed by atoms with Crippen molar-refractivity contribution in [2.24, 2.45) is 5.92 Å². The molecule has 0 spiro atoms. The number of hydrogen-bond acceptors (Lipinski definition) is 3. The van der Waals surface area contributed by atoms with E-state index in [9.17, 15) is 0 Å². The second-order valence-corrected chi connectivity index (χ2v) is 6.79. The minimum Gasteiger partial charge on any atom is -0.297 e. The Balaban J connectivity index is 2.19. The van der Waals surface area contributed by atoms with Crippen molar-refractivity contribution in [2.75, 3.05) is 13.1 Å². The van der Waals surface area contributed by atoms with Crippen LogP contribution in [0.4, 0.5) is 0 Å². The molecule has 0 aliphatic carbocycles. The number of fused-ring (bicyclic) bond motifs is 1. The van der Waals surface area contributed by atoms with Crippen LogP contribution in [0.15, 0.2) is 6.20 Å². The summed E-state index contributed by atoms with van der Waals surface area (Å²) >= 11 is 0. The Labute approximate surface area is 111 Å². The van der Waals surface area contributed by atoms with E-state index in [4.69, 9.17) is 4.98 Å². The van der Waals surface area contributed by atoms with Crippen molar-refractivity contribution in [1.82, 2.24) is 14.9 Å².